The van der Waals surface area contributed by atoms with Crippen molar-refractivity contribution in [3.8, 4) is 0 Å². The zero-order valence-corrected chi connectivity index (χ0v) is 66.6. The number of unbranched alkanes of at least 4 members (excludes halogenated alkanes) is 37. The highest BCUT2D eigenvalue weighted by Gasteiger charge is 2.30. The highest BCUT2D eigenvalue weighted by molar-refractivity contribution is 7.47. The molecule has 0 aliphatic heterocycles. The van der Waals surface area contributed by atoms with Gasteiger partial charge in [-0.2, -0.15) is 0 Å². The van der Waals surface area contributed by atoms with Crippen molar-refractivity contribution in [2.75, 3.05) is 39.6 Å². The van der Waals surface area contributed by atoms with Crippen LogP contribution in [0.5, 0.6) is 0 Å². The van der Waals surface area contributed by atoms with Gasteiger partial charge in [0, 0.05) is 25.7 Å². The average molecular weight is 1480 g/mol. The van der Waals surface area contributed by atoms with E-state index in [-0.39, 0.29) is 25.7 Å². The number of esters is 4. The predicted molar refractivity (Wildman–Crippen MR) is 418 cm³/mol. The summed E-state index contributed by atoms with van der Waals surface area (Å²) in [6.07, 6.45) is 78.4. The first-order chi connectivity index (χ1) is 49.7. The first-order valence-corrected chi connectivity index (χ1v) is 43.8. The molecule has 3 N–H and O–H groups in total. The molecule has 0 bridgehead atoms. The van der Waals surface area contributed by atoms with E-state index in [0.717, 1.165) is 141 Å². The van der Waals surface area contributed by atoms with E-state index in [1.165, 1.54) is 141 Å². The quantitative estimate of drug-likeness (QED) is 0.0169. The smallest absolute Gasteiger partial charge is 0.462 e. The maximum atomic E-state index is 13.1. The highest BCUT2D eigenvalue weighted by atomic mass is 31.2. The van der Waals surface area contributed by atoms with Crippen molar-refractivity contribution < 1.29 is 80.2 Å². The number of ether oxygens (including phenoxy) is 4. The molecule has 0 saturated carbocycles. The van der Waals surface area contributed by atoms with E-state index < -0.39 is 97.5 Å². The minimum absolute atomic E-state index is 0.0726. The molecule has 0 aromatic carbocycles. The number of aliphatic hydroxyl groups is 1. The summed E-state index contributed by atoms with van der Waals surface area (Å²) in [5.41, 5.74) is 0. The Morgan fingerprint density at radius 2 is 0.510 bits per heavy atom. The van der Waals surface area contributed by atoms with E-state index in [2.05, 4.69) is 113 Å². The molecule has 0 radical (unpaired) electrons. The van der Waals surface area contributed by atoms with Gasteiger partial charge in [-0.15, -0.1) is 0 Å². The second-order valence-electron chi connectivity index (χ2n) is 27.3. The zero-order valence-electron chi connectivity index (χ0n) is 64.8. The third kappa shape index (κ3) is 74.5. The summed E-state index contributed by atoms with van der Waals surface area (Å²) in [4.78, 5) is 73.0. The van der Waals surface area contributed by atoms with Crippen LogP contribution in [0.1, 0.15) is 362 Å². The van der Waals surface area contributed by atoms with Crippen molar-refractivity contribution in [3.05, 3.63) is 85.1 Å². The summed E-state index contributed by atoms with van der Waals surface area (Å²) in [5, 5.41) is 10.6. The van der Waals surface area contributed by atoms with Gasteiger partial charge in [-0.05, 0) is 103 Å². The molecule has 0 amide bonds. The number of carbonyl (C=O) groups excluding carboxylic acids is 4. The molecule has 102 heavy (non-hydrogen) atoms. The van der Waals surface area contributed by atoms with Crippen LogP contribution in [-0.2, 0) is 65.4 Å². The normalized spacial score (nSPS) is 14.3. The van der Waals surface area contributed by atoms with Crippen molar-refractivity contribution in [1.29, 1.82) is 0 Å². The fourth-order valence-electron chi connectivity index (χ4n) is 11.2. The summed E-state index contributed by atoms with van der Waals surface area (Å²) in [6, 6.07) is 0. The first-order valence-electron chi connectivity index (χ1n) is 40.8. The summed E-state index contributed by atoms with van der Waals surface area (Å²) in [7, 11) is -9.96. The molecule has 0 rings (SSSR count). The Kier molecular flexibility index (Phi) is 72.7. The van der Waals surface area contributed by atoms with Crippen LogP contribution in [0, 0.1) is 0 Å². The van der Waals surface area contributed by atoms with Crippen molar-refractivity contribution in [2.45, 2.75) is 380 Å². The van der Waals surface area contributed by atoms with E-state index in [0.29, 0.717) is 25.7 Å². The zero-order chi connectivity index (χ0) is 74.6. The average Bonchev–Trinajstić information content (AvgIpc) is 0.924. The standard InChI is InChI=1S/C83H148O17P2/c1-5-9-13-17-21-25-29-33-36-37-38-39-42-45-48-52-56-60-64-68-81(86)94-74-79(100-83(88)70-66-62-58-54-50-46-41-35-31-27-23-19-15-11-7-3)76-98-102(91,92)96-72-77(84)71-95-101(89,90)97-75-78(99-82(87)69-65-61-57-53-49-43-32-28-24-20-16-12-8-4)73-93-80(85)67-63-59-55-51-47-44-40-34-30-26-22-18-14-10-6-2/h9,13,21,23,25,27,33,35-36,38-39,41,45,48,77-79,84H,5-8,10-12,14-20,22,24,26,28-32,34,37,40,42-44,46-47,49-76H2,1-4H3,(H,89,90)(H,91,92)/b13-9-,25-21-,27-23-,36-33-,39-38-,41-35-,48-45-. The number of aliphatic hydroxyl groups excluding tert-OH is 1. The first kappa shape index (κ1) is 98.2. The molecule has 0 aromatic heterocycles. The van der Waals surface area contributed by atoms with Crippen LogP contribution in [0.15, 0.2) is 85.1 Å². The minimum Gasteiger partial charge on any atom is -0.462 e. The summed E-state index contributed by atoms with van der Waals surface area (Å²) >= 11 is 0. The number of allylic oxidation sites excluding steroid dienone is 14. The molecule has 0 saturated heterocycles. The molecule has 0 spiro atoms. The lowest BCUT2D eigenvalue weighted by Gasteiger charge is -2.21. The van der Waals surface area contributed by atoms with Gasteiger partial charge < -0.3 is 33.8 Å². The lowest BCUT2D eigenvalue weighted by atomic mass is 10.0. The lowest BCUT2D eigenvalue weighted by molar-refractivity contribution is -0.161. The largest absolute Gasteiger partial charge is 0.472 e. The van der Waals surface area contributed by atoms with Gasteiger partial charge in [0.15, 0.2) is 12.2 Å². The van der Waals surface area contributed by atoms with Crippen LogP contribution in [0.25, 0.3) is 0 Å². The van der Waals surface area contributed by atoms with Gasteiger partial charge in [0.05, 0.1) is 26.4 Å². The summed E-state index contributed by atoms with van der Waals surface area (Å²) in [6.45, 7) is 4.75. The number of hydrogen-bond acceptors (Lipinski definition) is 15. The molecule has 0 fully saturated rings. The van der Waals surface area contributed by atoms with Gasteiger partial charge in [0.1, 0.15) is 19.3 Å². The second-order valence-corrected chi connectivity index (χ2v) is 30.3. The molecule has 0 aromatic rings. The van der Waals surface area contributed by atoms with Crippen molar-refractivity contribution >= 4 is 39.5 Å². The third-order valence-electron chi connectivity index (χ3n) is 17.4. The van der Waals surface area contributed by atoms with Gasteiger partial charge in [0.2, 0.25) is 0 Å². The molecule has 0 heterocycles. The van der Waals surface area contributed by atoms with Gasteiger partial charge in [-0.1, -0.05) is 318 Å². The van der Waals surface area contributed by atoms with Crippen molar-refractivity contribution in [2.24, 2.45) is 0 Å². The van der Waals surface area contributed by atoms with Crippen LogP contribution >= 0.6 is 15.6 Å². The van der Waals surface area contributed by atoms with Gasteiger partial charge in [-0.3, -0.25) is 37.3 Å². The van der Waals surface area contributed by atoms with E-state index >= 15 is 0 Å². The summed E-state index contributed by atoms with van der Waals surface area (Å²) in [5.74, 6) is -2.20. The molecular weight excluding hydrogens is 1330 g/mol. The Hall–Kier alpha value is -3.76. The Morgan fingerprint density at radius 1 is 0.284 bits per heavy atom. The van der Waals surface area contributed by atoms with Gasteiger partial charge in [-0.25, -0.2) is 9.13 Å². The lowest BCUT2D eigenvalue weighted by Crippen LogP contribution is -2.30. The number of carbonyl (C=O) groups is 4. The summed E-state index contributed by atoms with van der Waals surface area (Å²) < 4.78 is 68.6. The van der Waals surface area contributed by atoms with E-state index in [4.69, 9.17) is 37.0 Å². The van der Waals surface area contributed by atoms with Crippen molar-refractivity contribution in [3.63, 3.8) is 0 Å². The molecule has 592 valence electrons. The molecule has 5 atom stereocenters. The van der Waals surface area contributed by atoms with Gasteiger partial charge in [0.25, 0.3) is 0 Å². The topological polar surface area (TPSA) is 237 Å². The molecule has 17 nitrogen and oxygen atoms in total. The van der Waals surface area contributed by atoms with Crippen LogP contribution in [0.2, 0.25) is 0 Å². The van der Waals surface area contributed by atoms with Crippen LogP contribution in [-0.4, -0.2) is 96.7 Å². The fourth-order valence-corrected chi connectivity index (χ4v) is 12.7. The number of hydrogen-bond donors (Lipinski definition) is 3. The van der Waals surface area contributed by atoms with Crippen LogP contribution in [0.3, 0.4) is 0 Å². The molecule has 19 heteroatoms. The van der Waals surface area contributed by atoms with Crippen molar-refractivity contribution in [1.82, 2.24) is 0 Å². The molecule has 5 unspecified atom stereocenters. The van der Waals surface area contributed by atoms with Crippen LogP contribution in [0.4, 0.5) is 0 Å². The Morgan fingerprint density at radius 3 is 0.814 bits per heavy atom. The Labute approximate surface area is 621 Å². The number of phosphoric ester groups is 2. The van der Waals surface area contributed by atoms with E-state index in [1.54, 1.807) is 0 Å². The van der Waals surface area contributed by atoms with E-state index in [1.807, 2.05) is 0 Å². The second kappa shape index (κ2) is 75.5. The minimum atomic E-state index is -4.98. The SMILES string of the molecule is CC/C=C\C/C=C\C/C=C\C/C=C\C/C=C\CCCCCC(=O)OCC(COP(=O)(O)OCC(O)COP(=O)(O)OCC(COC(=O)CCCCCCCCCCCCCCCCC)OC(=O)CCCCCCCCCCCCCCC)OC(=O)CCCCCCC/C=C\C/C=C\CCCCC. The maximum Gasteiger partial charge on any atom is 0.472 e. The van der Waals surface area contributed by atoms with E-state index in [9.17, 15) is 43.2 Å². The predicted octanol–water partition coefficient (Wildman–Crippen LogP) is 23.8. The maximum absolute atomic E-state index is 13.1. The Balaban J connectivity index is 5.36. The Bertz CT molecular complexity index is 2260. The fraction of sp³-hybridized carbons (Fsp3) is 0.783. The third-order valence-corrected chi connectivity index (χ3v) is 19.3. The molecular formula is C83H148O17P2. The monoisotopic (exact) mass is 1480 g/mol. The van der Waals surface area contributed by atoms with Gasteiger partial charge >= 0.3 is 39.5 Å². The highest BCUT2D eigenvalue weighted by Crippen LogP contribution is 2.45. The molecule has 0 aliphatic rings. The van der Waals surface area contributed by atoms with Crippen LogP contribution < -0.4 is 0 Å². The molecule has 0 aliphatic carbocycles. The number of phosphoric acid groups is 2. The number of rotatable bonds is 77.